The van der Waals surface area contributed by atoms with E-state index in [1.165, 1.54) is 39.9 Å². The fourth-order valence-corrected chi connectivity index (χ4v) is 6.19. The highest BCUT2D eigenvalue weighted by atomic mass is 32.2. The van der Waals surface area contributed by atoms with Crippen molar-refractivity contribution in [2.24, 2.45) is 4.99 Å². The van der Waals surface area contributed by atoms with Gasteiger partial charge < -0.3 is 9.30 Å². The van der Waals surface area contributed by atoms with E-state index in [9.17, 15) is 13.2 Å². The van der Waals surface area contributed by atoms with Crippen LogP contribution >= 0.6 is 11.3 Å². The number of methoxy groups -OCH3 is 1. The molecule has 7 nitrogen and oxygen atoms in total. The van der Waals surface area contributed by atoms with Crippen molar-refractivity contribution < 1.29 is 17.9 Å². The molecule has 0 saturated heterocycles. The van der Waals surface area contributed by atoms with E-state index >= 15 is 0 Å². The molecule has 9 heteroatoms. The number of sulfonamides is 1. The van der Waals surface area contributed by atoms with Gasteiger partial charge >= 0.3 is 0 Å². The summed E-state index contributed by atoms with van der Waals surface area (Å²) in [7, 11) is -1.96. The van der Waals surface area contributed by atoms with Gasteiger partial charge in [-0.1, -0.05) is 44.6 Å². The molecule has 2 aromatic carbocycles. The number of nitrogens with zero attached hydrogens (tertiary/aromatic N) is 3. The van der Waals surface area contributed by atoms with Crippen LogP contribution in [0.5, 0.6) is 5.75 Å². The van der Waals surface area contributed by atoms with Crippen molar-refractivity contribution >= 4 is 37.5 Å². The molecule has 0 unspecified atom stereocenters. The molecule has 3 aromatic rings. The van der Waals surface area contributed by atoms with Crippen LogP contribution < -0.4 is 9.54 Å². The summed E-state index contributed by atoms with van der Waals surface area (Å²) in [6, 6.07) is 11.8. The van der Waals surface area contributed by atoms with Gasteiger partial charge in [0.2, 0.25) is 10.0 Å². The predicted molar refractivity (Wildman–Crippen MR) is 132 cm³/mol. The number of carbonyl (C=O) groups is 1. The Balaban J connectivity index is 1.96. The van der Waals surface area contributed by atoms with Crippen LogP contribution in [0.1, 0.15) is 50.4 Å². The normalized spacial score (nSPS) is 12.6. The molecular formula is C24H31N3O4S2. The number of hydrogen-bond donors (Lipinski definition) is 0. The van der Waals surface area contributed by atoms with Crippen LogP contribution in [0.4, 0.5) is 0 Å². The summed E-state index contributed by atoms with van der Waals surface area (Å²) in [5.74, 6) is 0.330. The van der Waals surface area contributed by atoms with Crippen molar-refractivity contribution in [3.8, 4) is 5.75 Å². The minimum Gasteiger partial charge on any atom is -0.495 e. The van der Waals surface area contributed by atoms with E-state index < -0.39 is 15.9 Å². The molecule has 33 heavy (non-hydrogen) atoms. The molecule has 0 N–H and O–H groups in total. The molecule has 0 fully saturated rings. The SMILES string of the molecule is CCCCN(CC)S(=O)(=O)c1ccc(C(=O)N=c2sc3cccc(OC)c3n2CCC)cc1. The number of thiazole rings is 1. The highest BCUT2D eigenvalue weighted by molar-refractivity contribution is 7.89. The van der Waals surface area contributed by atoms with Gasteiger partial charge in [-0.05, 0) is 49.2 Å². The van der Waals surface area contributed by atoms with Gasteiger partial charge in [-0.15, -0.1) is 0 Å². The zero-order chi connectivity index (χ0) is 24.0. The Labute approximate surface area is 199 Å². The van der Waals surface area contributed by atoms with E-state index in [0.717, 1.165) is 35.2 Å². The lowest BCUT2D eigenvalue weighted by Gasteiger charge is -2.20. The van der Waals surface area contributed by atoms with E-state index in [1.54, 1.807) is 7.11 Å². The number of amides is 1. The van der Waals surface area contributed by atoms with Crippen LogP contribution in [-0.4, -0.2) is 43.4 Å². The van der Waals surface area contributed by atoms with Crippen LogP contribution in [0.2, 0.25) is 0 Å². The van der Waals surface area contributed by atoms with E-state index in [-0.39, 0.29) is 4.90 Å². The van der Waals surface area contributed by atoms with Crippen LogP contribution in [0.15, 0.2) is 52.4 Å². The minimum atomic E-state index is -3.59. The first-order valence-corrected chi connectivity index (χ1v) is 13.5. The fraction of sp³-hybridized carbons (Fsp3) is 0.417. The molecule has 0 spiro atoms. The molecule has 3 rings (SSSR count). The summed E-state index contributed by atoms with van der Waals surface area (Å²) < 4.78 is 35.8. The maximum absolute atomic E-state index is 12.9. The summed E-state index contributed by atoms with van der Waals surface area (Å²) in [5.41, 5.74) is 1.27. The molecule has 1 amide bonds. The average molecular weight is 490 g/mol. The van der Waals surface area contributed by atoms with Gasteiger partial charge in [0, 0.05) is 25.2 Å². The largest absolute Gasteiger partial charge is 0.495 e. The van der Waals surface area contributed by atoms with E-state index in [0.29, 0.717) is 30.0 Å². The van der Waals surface area contributed by atoms with Gasteiger partial charge in [0.25, 0.3) is 5.91 Å². The third kappa shape index (κ3) is 5.37. The van der Waals surface area contributed by atoms with E-state index in [1.807, 2.05) is 36.6 Å². The van der Waals surface area contributed by atoms with Crippen LogP contribution in [0, 0.1) is 0 Å². The van der Waals surface area contributed by atoms with Crippen molar-refractivity contribution in [2.45, 2.75) is 51.5 Å². The molecule has 0 aliphatic rings. The Hall–Kier alpha value is -2.49. The number of benzene rings is 2. The van der Waals surface area contributed by atoms with Crippen molar-refractivity contribution in [1.29, 1.82) is 0 Å². The fourth-order valence-electron chi connectivity index (χ4n) is 3.63. The standard InChI is InChI=1S/C24H31N3O4S2/c1-5-8-17-26(7-3)33(29,30)19-14-12-18(13-15-19)23(28)25-24-27(16-6-2)22-20(31-4)10-9-11-21(22)32-24/h9-15H,5-8,16-17H2,1-4H3. The summed E-state index contributed by atoms with van der Waals surface area (Å²) in [5, 5.41) is 0. The Bertz CT molecular complexity index is 1280. The summed E-state index contributed by atoms with van der Waals surface area (Å²) in [4.78, 5) is 18.1. The molecule has 178 valence electrons. The van der Waals surface area contributed by atoms with Gasteiger partial charge in [0.15, 0.2) is 4.80 Å². The number of rotatable bonds is 10. The Kier molecular flexibility index (Phi) is 8.45. The predicted octanol–water partition coefficient (Wildman–Crippen LogP) is 4.67. The number of aromatic nitrogens is 1. The summed E-state index contributed by atoms with van der Waals surface area (Å²) in [6.45, 7) is 7.52. The first-order chi connectivity index (χ1) is 15.9. The number of hydrogen-bond acceptors (Lipinski definition) is 5. The molecule has 0 atom stereocenters. The lowest BCUT2D eigenvalue weighted by atomic mass is 10.2. The highest BCUT2D eigenvalue weighted by Crippen LogP contribution is 2.27. The number of unbranched alkanes of at least 4 members (excludes halogenated alkanes) is 1. The smallest absolute Gasteiger partial charge is 0.279 e. The van der Waals surface area contributed by atoms with Crippen LogP contribution in [0.3, 0.4) is 0 Å². The lowest BCUT2D eigenvalue weighted by Crippen LogP contribution is -2.31. The minimum absolute atomic E-state index is 0.185. The van der Waals surface area contributed by atoms with Gasteiger partial charge in [-0.2, -0.15) is 9.30 Å². The number of ether oxygens (including phenoxy) is 1. The topological polar surface area (TPSA) is 81.0 Å². The molecule has 0 aliphatic heterocycles. The second-order valence-electron chi connectivity index (χ2n) is 7.63. The van der Waals surface area contributed by atoms with Gasteiger partial charge in [-0.25, -0.2) is 8.42 Å². The highest BCUT2D eigenvalue weighted by Gasteiger charge is 2.22. The van der Waals surface area contributed by atoms with E-state index in [4.69, 9.17) is 4.74 Å². The van der Waals surface area contributed by atoms with Crippen LogP contribution in [-0.2, 0) is 16.6 Å². The molecule has 1 heterocycles. The molecule has 0 aliphatic carbocycles. The van der Waals surface area contributed by atoms with Crippen molar-refractivity contribution in [2.75, 3.05) is 20.2 Å². The van der Waals surface area contributed by atoms with Crippen molar-refractivity contribution in [3.63, 3.8) is 0 Å². The monoisotopic (exact) mass is 489 g/mol. The third-order valence-corrected chi connectivity index (χ3v) is 8.41. The second kappa shape index (κ2) is 11.1. The second-order valence-corrected chi connectivity index (χ2v) is 10.6. The molecule has 0 bridgehead atoms. The Morgan fingerprint density at radius 3 is 2.42 bits per heavy atom. The van der Waals surface area contributed by atoms with Gasteiger partial charge in [0.1, 0.15) is 11.3 Å². The Morgan fingerprint density at radius 1 is 1.09 bits per heavy atom. The number of aryl methyl sites for hydroxylation is 1. The third-order valence-electron chi connectivity index (χ3n) is 5.38. The zero-order valence-corrected chi connectivity index (χ0v) is 21.2. The van der Waals surface area contributed by atoms with Gasteiger partial charge in [0.05, 0.1) is 16.7 Å². The van der Waals surface area contributed by atoms with Crippen molar-refractivity contribution in [3.05, 3.63) is 52.8 Å². The maximum atomic E-state index is 12.9. The quantitative estimate of drug-likeness (QED) is 0.414. The first kappa shape index (κ1) is 25.1. The average Bonchev–Trinajstić information content (AvgIpc) is 3.16. The first-order valence-electron chi connectivity index (χ1n) is 11.2. The molecule has 1 aromatic heterocycles. The zero-order valence-electron chi connectivity index (χ0n) is 19.6. The molecule has 0 saturated carbocycles. The van der Waals surface area contributed by atoms with E-state index in [2.05, 4.69) is 11.9 Å². The van der Waals surface area contributed by atoms with Gasteiger partial charge in [-0.3, -0.25) is 4.79 Å². The number of carbonyl (C=O) groups excluding carboxylic acids is 1. The summed E-state index contributed by atoms with van der Waals surface area (Å²) in [6.07, 6.45) is 2.60. The lowest BCUT2D eigenvalue weighted by molar-refractivity contribution is 0.0997. The maximum Gasteiger partial charge on any atom is 0.279 e. The Morgan fingerprint density at radius 2 is 1.82 bits per heavy atom. The van der Waals surface area contributed by atoms with Crippen LogP contribution in [0.25, 0.3) is 10.2 Å². The number of fused-ring (bicyclic) bond motifs is 1. The molecular weight excluding hydrogens is 458 g/mol. The number of para-hydroxylation sites is 1. The molecule has 0 radical (unpaired) electrons. The van der Waals surface area contributed by atoms with Crippen molar-refractivity contribution in [1.82, 2.24) is 8.87 Å². The summed E-state index contributed by atoms with van der Waals surface area (Å²) >= 11 is 1.43.